The van der Waals surface area contributed by atoms with Crippen LogP contribution in [0.2, 0.25) is 0 Å². The second kappa shape index (κ2) is 6.49. The largest absolute Gasteiger partial charge is 0.497 e. The molecule has 0 saturated carbocycles. The Balaban J connectivity index is 2.10. The highest BCUT2D eigenvalue weighted by Gasteiger charge is 2.13. The lowest BCUT2D eigenvalue weighted by Crippen LogP contribution is -2.02. The summed E-state index contributed by atoms with van der Waals surface area (Å²) in [5, 5.41) is 16.7. The second-order valence-electron chi connectivity index (χ2n) is 5.27. The first kappa shape index (κ1) is 15.7. The van der Waals surface area contributed by atoms with Gasteiger partial charge >= 0.3 is 0 Å². The predicted molar refractivity (Wildman–Crippen MR) is 90.0 cm³/mol. The van der Waals surface area contributed by atoms with Crippen molar-refractivity contribution in [2.75, 3.05) is 7.11 Å². The number of methoxy groups -OCH3 is 1. The van der Waals surface area contributed by atoms with Gasteiger partial charge in [-0.1, -0.05) is 5.16 Å². The molecule has 7 nitrogen and oxygen atoms in total. The average Bonchev–Trinajstić information content (AvgIpc) is 2.98. The van der Waals surface area contributed by atoms with Crippen LogP contribution < -0.4 is 4.74 Å². The third-order valence-corrected chi connectivity index (χ3v) is 3.49. The normalized spacial score (nSPS) is 11.1. The summed E-state index contributed by atoms with van der Waals surface area (Å²) in [6, 6.07) is 9.35. The van der Waals surface area contributed by atoms with Crippen LogP contribution in [0.4, 0.5) is 0 Å². The lowest BCUT2D eigenvalue weighted by Gasteiger charge is -2.03. The molecule has 0 amide bonds. The van der Waals surface area contributed by atoms with Gasteiger partial charge in [0.25, 0.3) is 0 Å². The van der Waals surface area contributed by atoms with Crippen LogP contribution >= 0.6 is 0 Å². The van der Waals surface area contributed by atoms with E-state index in [0.29, 0.717) is 22.9 Å². The minimum Gasteiger partial charge on any atom is -0.497 e. The van der Waals surface area contributed by atoms with Gasteiger partial charge in [-0.15, -0.1) is 0 Å². The van der Waals surface area contributed by atoms with Gasteiger partial charge in [-0.05, 0) is 38.1 Å². The van der Waals surface area contributed by atoms with E-state index < -0.39 is 0 Å². The molecule has 0 bridgehead atoms. The van der Waals surface area contributed by atoms with Crippen LogP contribution in [-0.4, -0.2) is 38.3 Å². The van der Waals surface area contributed by atoms with Crippen LogP contribution in [0.3, 0.4) is 0 Å². The number of aromatic nitrogens is 4. The van der Waals surface area contributed by atoms with E-state index in [9.17, 15) is 0 Å². The van der Waals surface area contributed by atoms with Crippen molar-refractivity contribution in [3.63, 3.8) is 0 Å². The molecule has 0 aliphatic rings. The molecule has 0 saturated heterocycles. The van der Waals surface area contributed by atoms with Crippen molar-refractivity contribution >= 4 is 6.21 Å². The van der Waals surface area contributed by atoms with Gasteiger partial charge in [0, 0.05) is 29.1 Å². The Bertz CT molecular complexity index is 864. The fourth-order valence-electron chi connectivity index (χ4n) is 2.45. The van der Waals surface area contributed by atoms with Crippen molar-refractivity contribution in [2.24, 2.45) is 5.16 Å². The Kier molecular flexibility index (Phi) is 4.24. The van der Waals surface area contributed by atoms with E-state index in [0.717, 1.165) is 17.0 Å². The molecule has 24 heavy (non-hydrogen) atoms. The minimum absolute atomic E-state index is 0.660. The van der Waals surface area contributed by atoms with Gasteiger partial charge in [-0.3, -0.25) is 0 Å². The van der Waals surface area contributed by atoms with Crippen LogP contribution in [0.1, 0.15) is 17.1 Å². The molecule has 0 fully saturated rings. The van der Waals surface area contributed by atoms with Gasteiger partial charge in [0.1, 0.15) is 17.3 Å². The molecule has 3 aromatic rings. The molecule has 2 heterocycles. The van der Waals surface area contributed by atoms with E-state index in [2.05, 4.69) is 20.2 Å². The first-order valence-corrected chi connectivity index (χ1v) is 7.35. The lowest BCUT2D eigenvalue weighted by atomic mass is 10.1. The monoisotopic (exact) mass is 323 g/mol. The van der Waals surface area contributed by atoms with Crippen molar-refractivity contribution < 1.29 is 9.94 Å². The number of benzene rings is 1. The van der Waals surface area contributed by atoms with Crippen LogP contribution in [0.5, 0.6) is 5.75 Å². The van der Waals surface area contributed by atoms with Crippen molar-refractivity contribution in [3.8, 4) is 22.8 Å². The fourth-order valence-corrected chi connectivity index (χ4v) is 2.45. The van der Waals surface area contributed by atoms with Gasteiger partial charge in [0.05, 0.1) is 13.3 Å². The molecule has 3 rings (SSSR count). The summed E-state index contributed by atoms with van der Waals surface area (Å²) in [4.78, 5) is 8.67. The molecule has 0 aliphatic heterocycles. The highest BCUT2D eigenvalue weighted by atomic mass is 16.5. The van der Waals surface area contributed by atoms with E-state index in [1.165, 1.54) is 6.21 Å². The SMILES string of the molecule is COc1ccc(-c2nn(-c3cc(C)nc(C)n3)cc2/C=N/O)cc1. The van der Waals surface area contributed by atoms with Crippen molar-refractivity contribution in [1.82, 2.24) is 19.7 Å². The predicted octanol–water partition coefficient (Wildman–Crippen LogP) is 2.76. The maximum absolute atomic E-state index is 8.93. The molecule has 7 heteroatoms. The van der Waals surface area contributed by atoms with Crippen LogP contribution in [0, 0.1) is 13.8 Å². The number of rotatable bonds is 4. The second-order valence-corrected chi connectivity index (χ2v) is 5.27. The Morgan fingerprint density at radius 3 is 2.54 bits per heavy atom. The third kappa shape index (κ3) is 3.10. The van der Waals surface area contributed by atoms with E-state index in [-0.39, 0.29) is 0 Å². The molecule has 0 spiro atoms. The van der Waals surface area contributed by atoms with Gasteiger partial charge < -0.3 is 9.94 Å². The summed E-state index contributed by atoms with van der Waals surface area (Å²) in [5.74, 6) is 2.09. The maximum Gasteiger partial charge on any atom is 0.157 e. The quantitative estimate of drug-likeness (QED) is 0.453. The van der Waals surface area contributed by atoms with Gasteiger partial charge in [-0.2, -0.15) is 5.10 Å². The number of oxime groups is 1. The molecule has 0 unspecified atom stereocenters. The average molecular weight is 323 g/mol. The van der Waals surface area contributed by atoms with Gasteiger partial charge in [0.15, 0.2) is 5.82 Å². The molecule has 0 aliphatic carbocycles. The van der Waals surface area contributed by atoms with Crippen molar-refractivity contribution in [3.05, 3.63) is 53.6 Å². The van der Waals surface area contributed by atoms with Gasteiger partial charge in [-0.25, -0.2) is 14.6 Å². The topological polar surface area (TPSA) is 85.4 Å². The highest BCUT2D eigenvalue weighted by molar-refractivity contribution is 5.88. The van der Waals surface area contributed by atoms with Crippen LogP contribution in [0.25, 0.3) is 17.1 Å². The van der Waals surface area contributed by atoms with Crippen molar-refractivity contribution in [1.29, 1.82) is 0 Å². The zero-order chi connectivity index (χ0) is 17.1. The Hall–Kier alpha value is -3.22. The number of ether oxygens (including phenoxy) is 1. The van der Waals surface area contributed by atoms with E-state index in [1.54, 1.807) is 18.0 Å². The molecular weight excluding hydrogens is 306 g/mol. The number of hydrogen-bond acceptors (Lipinski definition) is 6. The lowest BCUT2D eigenvalue weighted by molar-refractivity contribution is 0.322. The van der Waals surface area contributed by atoms with Crippen LogP contribution in [-0.2, 0) is 0 Å². The minimum atomic E-state index is 0.660. The molecule has 122 valence electrons. The summed E-state index contributed by atoms with van der Waals surface area (Å²) in [6.07, 6.45) is 3.12. The van der Waals surface area contributed by atoms with E-state index in [1.807, 2.05) is 44.2 Å². The zero-order valence-electron chi connectivity index (χ0n) is 13.6. The Labute approximate surface area is 139 Å². The summed E-state index contributed by atoms with van der Waals surface area (Å²) in [7, 11) is 1.62. The first-order valence-electron chi connectivity index (χ1n) is 7.35. The zero-order valence-corrected chi connectivity index (χ0v) is 13.6. The summed E-state index contributed by atoms with van der Waals surface area (Å²) < 4.78 is 6.83. The maximum atomic E-state index is 8.93. The molecular formula is C17H17N5O2. The van der Waals surface area contributed by atoms with Crippen molar-refractivity contribution in [2.45, 2.75) is 13.8 Å². The Morgan fingerprint density at radius 1 is 1.17 bits per heavy atom. The Morgan fingerprint density at radius 2 is 1.92 bits per heavy atom. The molecule has 1 aromatic carbocycles. The number of aryl methyl sites for hydroxylation is 2. The summed E-state index contributed by atoms with van der Waals surface area (Å²) in [5.41, 5.74) is 3.10. The number of hydrogen-bond donors (Lipinski definition) is 1. The number of nitrogens with zero attached hydrogens (tertiary/aromatic N) is 5. The molecule has 0 atom stereocenters. The van der Waals surface area contributed by atoms with E-state index in [4.69, 9.17) is 9.94 Å². The standard InChI is InChI=1S/C17H17N5O2/c1-11-8-16(20-12(2)19-11)22-10-14(9-18-23)17(21-22)13-4-6-15(24-3)7-5-13/h4-10,23H,1-3H3/b18-9+. The molecule has 1 N–H and O–H groups in total. The smallest absolute Gasteiger partial charge is 0.157 e. The molecule has 0 radical (unpaired) electrons. The van der Waals surface area contributed by atoms with Gasteiger partial charge in [0.2, 0.25) is 0 Å². The fraction of sp³-hybridized carbons (Fsp3) is 0.176. The van der Waals surface area contributed by atoms with E-state index >= 15 is 0 Å². The molecule has 2 aromatic heterocycles. The summed E-state index contributed by atoms with van der Waals surface area (Å²) in [6.45, 7) is 3.74. The highest BCUT2D eigenvalue weighted by Crippen LogP contribution is 2.24. The third-order valence-electron chi connectivity index (χ3n) is 3.49. The first-order chi connectivity index (χ1) is 11.6. The summed E-state index contributed by atoms with van der Waals surface area (Å²) >= 11 is 0. The van der Waals surface area contributed by atoms with Crippen LogP contribution in [0.15, 0.2) is 41.7 Å².